The summed E-state index contributed by atoms with van der Waals surface area (Å²) in [7, 11) is 0. The van der Waals surface area contributed by atoms with E-state index in [0.29, 0.717) is 11.7 Å². The molecule has 1 aliphatic carbocycles. The van der Waals surface area contributed by atoms with Crippen molar-refractivity contribution in [2.75, 3.05) is 5.32 Å². The highest BCUT2D eigenvalue weighted by atomic mass is 16.5. The number of H-pyrrole nitrogens is 1. The van der Waals surface area contributed by atoms with Crippen molar-refractivity contribution in [2.45, 2.75) is 12.8 Å². The molecule has 0 saturated heterocycles. The van der Waals surface area contributed by atoms with Gasteiger partial charge in [0.25, 0.3) is 0 Å². The van der Waals surface area contributed by atoms with Crippen LogP contribution in [0.2, 0.25) is 0 Å². The lowest BCUT2D eigenvalue weighted by molar-refractivity contribution is 0.441. The van der Waals surface area contributed by atoms with E-state index in [1.54, 1.807) is 0 Å². The Morgan fingerprint density at radius 1 is 1.12 bits per heavy atom. The summed E-state index contributed by atoms with van der Waals surface area (Å²) < 4.78 is 5.59. The van der Waals surface area contributed by atoms with Crippen LogP contribution in [0.25, 0.3) is 33.6 Å². The molecule has 2 aromatic heterocycles. The first-order chi connectivity index (χ1) is 12.8. The molecular weight excluding hydrogens is 328 g/mol. The first kappa shape index (κ1) is 14.8. The molecule has 128 valence electrons. The highest BCUT2D eigenvalue weighted by Crippen LogP contribution is 2.36. The Labute approximate surface area is 149 Å². The number of rotatable bonds is 5. The maximum Gasteiger partial charge on any atom is 0.179 e. The number of fused-ring (bicyclic) bond motifs is 1. The summed E-state index contributed by atoms with van der Waals surface area (Å²) in [6, 6.07) is 13.9. The maximum absolute atomic E-state index is 5.59. The third-order valence-electron chi connectivity index (χ3n) is 4.62. The molecular formula is C19H16N6O. The topological polar surface area (TPSA) is 92.5 Å². The van der Waals surface area contributed by atoms with Gasteiger partial charge in [-0.25, -0.2) is 5.10 Å². The van der Waals surface area contributed by atoms with Crippen LogP contribution in [0, 0.1) is 5.92 Å². The molecule has 0 unspecified atom stereocenters. The van der Waals surface area contributed by atoms with Gasteiger partial charge in [-0.05, 0) is 71.7 Å². The summed E-state index contributed by atoms with van der Waals surface area (Å²) in [4.78, 5) is 0. The summed E-state index contributed by atoms with van der Waals surface area (Å²) in [6.07, 6.45) is 2.47. The van der Waals surface area contributed by atoms with Crippen molar-refractivity contribution in [3.8, 4) is 22.7 Å². The molecule has 0 atom stereocenters. The summed E-state index contributed by atoms with van der Waals surface area (Å²) in [5, 5.41) is 22.4. The van der Waals surface area contributed by atoms with E-state index in [1.807, 2.05) is 42.5 Å². The average Bonchev–Trinajstić information content (AvgIpc) is 3.22. The van der Waals surface area contributed by atoms with Crippen LogP contribution in [0.3, 0.4) is 0 Å². The van der Waals surface area contributed by atoms with Crippen LogP contribution in [0.1, 0.15) is 12.8 Å². The number of aromatic amines is 1. The van der Waals surface area contributed by atoms with Crippen molar-refractivity contribution >= 4 is 16.6 Å². The van der Waals surface area contributed by atoms with Crippen LogP contribution < -0.4 is 5.32 Å². The second-order valence-electron chi connectivity index (χ2n) is 6.50. The van der Waals surface area contributed by atoms with Crippen LogP contribution in [0.4, 0.5) is 5.69 Å². The van der Waals surface area contributed by atoms with Gasteiger partial charge in [-0.3, -0.25) is 0 Å². The first-order valence-electron chi connectivity index (χ1n) is 8.48. The van der Waals surface area contributed by atoms with Gasteiger partial charge in [0.15, 0.2) is 11.6 Å². The Hall–Kier alpha value is -3.48. The highest BCUT2D eigenvalue weighted by molar-refractivity contribution is 5.94. The van der Waals surface area contributed by atoms with E-state index in [9.17, 15) is 0 Å². The number of tetrazole rings is 1. The molecule has 1 saturated carbocycles. The molecule has 0 bridgehead atoms. The zero-order valence-electron chi connectivity index (χ0n) is 13.9. The van der Waals surface area contributed by atoms with E-state index in [-0.39, 0.29) is 0 Å². The van der Waals surface area contributed by atoms with Crippen LogP contribution >= 0.6 is 0 Å². The second kappa shape index (κ2) is 5.80. The van der Waals surface area contributed by atoms with Gasteiger partial charge < -0.3 is 9.84 Å². The summed E-state index contributed by atoms with van der Waals surface area (Å²) in [5.74, 6) is 1.95. The number of nitrogens with zero attached hydrogens (tertiary/aromatic N) is 4. The third kappa shape index (κ3) is 2.63. The minimum Gasteiger partial charge on any atom is -0.359 e. The standard InChI is InChI=1S/C19H16N6O/c1-11(12-2-3-12)20-15-7-4-13(5-8-15)18-16-10-14(19-21-24-25-22-19)6-9-17(16)23-26-18/h4-10,12,20H,1-3H2,(H,21,22,24,25). The van der Waals surface area contributed by atoms with Gasteiger partial charge >= 0.3 is 0 Å². The van der Waals surface area contributed by atoms with Gasteiger partial charge in [0.2, 0.25) is 0 Å². The quantitative estimate of drug-likeness (QED) is 0.568. The predicted octanol–water partition coefficient (Wildman–Crippen LogP) is 4.01. The molecule has 0 radical (unpaired) electrons. The predicted molar refractivity (Wildman–Crippen MR) is 98.1 cm³/mol. The number of allylic oxidation sites excluding steroid dienone is 1. The van der Waals surface area contributed by atoms with Gasteiger partial charge in [-0.1, -0.05) is 11.7 Å². The van der Waals surface area contributed by atoms with Crippen molar-refractivity contribution in [3.05, 3.63) is 54.7 Å². The van der Waals surface area contributed by atoms with E-state index >= 15 is 0 Å². The first-order valence-corrected chi connectivity index (χ1v) is 8.48. The lowest BCUT2D eigenvalue weighted by Gasteiger charge is -2.08. The third-order valence-corrected chi connectivity index (χ3v) is 4.62. The Bertz CT molecular complexity index is 1080. The number of benzene rings is 2. The average molecular weight is 344 g/mol. The fourth-order valence-corrected chi connectivity index (χ4v) is 3.00. The minimum absolute atomic E-state index is 0.609. The molecule has 0 amide bonds. The van der Waals surface area contributed by atoms with Gasteiger partial charge in [-0.2, -0.15) is 0 Å². The van der Waals surface area contributed by atoms with E-state index in [0.717, 1.165) is 39.2 Å². The SMILES string of the molecule is C=C(Nc1ccc(-c2onc3ccc(-c4nnn[nH]4)cc23)cc1)C1CC1. The zero-order valence-corrected chi connectivity index (χ0v) is 13.9. The minimum atomic E-state index is 0.609. The highest BCUT2D eigenvalue weighted by Gasteiger charge is 2.24. The fraction of sp³-hybridized carbons (Fsp3) is 0.158. The Balaban J connectivity index is 1.48. The molecule has 26 heavy (non-hydrogen) atoms. The maximum atomic E-state index is 5.59. The van der Waals surface area contributed by atoms with E-state index < -0.39 is 0 Å². The molecule has 7 heteroatoms. The molecule has 7 nitrogen and oxygen atoms in total. The van der Waals surface area contributed by atoms with E-state index in [4.69, 9.17) is 4.52 Å². The molecule has 0 spiro atoms. The lowest BCUT2D eigenvalue weighted by Crippen LogP contribution is -1.99. The smallest absolute Gasteiger partial charge is 0.179 e. The van der Waals surface area contributed by atoms with Gasteiger partial charge in [0, 0.05) is 22.5 Å². The number of nitrogens with one attached hydrogen (secondary N) is 2. The molecule has 1 fully saturated rings. The Kier molecular flexibility index (Phi) is 3.31. The molecule has 4 aromatic rings. The van der Waals surface area contributed by atoms with Gasteiger partial charge in [0.1, 0.15) is 5.52 Å². The Morgan fingerprint density at radius 2 is 1.92 bits per heavy atom. The molecule has 2 heterocycles. The van der Waals surface area contributed by atoms with Crippen LogP contribution in [0.15, 0.2) is 59.3 Å². The largest absolute Gasteiger partial charge is 0.359 e. The molecule has 2 aromatic carbocycles. The normalized spacial score (nSPS) is 13.8. The van der Waals surface area contributed by atoms with Crippen LogP contribution in [-0.2, 0) is 0 Å². The van der Waals surface area contributed by atoms with Gasteiger partial charge in [0.05, 0.1) is 5.39 Å². The number of aromatic nitrogens is 5. The van der Waals surface area contributed by atoms with Gasteiger partial charge in [-0.15, -0.1) is 5.10 Å². The summed E-state index contributed by atoms with van der Waals surface area (Å²) in [5.41, 5.74) is 4.76. The molecule has 1 aliphatic rings. The number of hydrogen-bond donors (Lipinski definition) is 2. The molecule has 0 aliphatic heterocycles. The second-order valence-corrected chi connectivity index (χ2v) is 6.50. The van der Waals surface area contributed by atoms with Crippen molar-refractivity contribution in [1.29, 1.82) is 0 Å². The fourth-order valence-electron chi connectivity index (χ4n) is 3.00. The van der Waals surface area contributed by atoms with Crippen molar-refractivity contribution in [2.24, 2.45) is 5.92 Å². The lowest BCUT2D eigenvalue weighted by atomic mass is 10.1. The molecule has 2 N–H and O–H groups in total. The van der Waals surface area contributed by atoms with Crippen molar-refractivity contribution in [1.82, 2.24) is 25.8 Å². The van der Waals surface area contributed by atoms with Crippen LogP contribution in [0.5, 0.6) is 0 Å². The Morgan fingerprint density at radius 3 is 2.65 bits per heavy atom. The van der Waals surface area contributed by atoms with E-state index in [1.165, 1.54) is 12.8 Å². The number of anilines is 1. The van der Waals surface area contributed by atoms with Crippen LogP contribution in [-0.4, -0.2) is 25.8 Å². The number of hydrogen-bond acceptors (Lipinski definition) is 6. The monoisotopic (exact) mass is 344 g/mol. The summed E-state index contributed by atoms with van der Waals surface area (Å²) >= 11 is 0. The van der Waals surface area contributed by atoms with Crippen molar-refractivity contribution in [3.63, 3.8) is 0 Å². The zero-order chi connectivity index (χ0) is 17.5. The van der Waals surface area contributed by atoms with Crippen molar-refractivity contribution < 1.29 is 4.52 Å². The molecule has 5 rings (SSSR count). The summed E-state index contributed by atoms with van der Waals surface area (Å²) in [6.45, 7) is 4.10. The van der Waals surface area contributed by atoms with E-state index in [2.05, 4.69) is 37.7 Å².